The van der Waals surface area contributed by atoms with Crippen molar-refractivity contribution in [1.82, 2.24) is 0 Å². The van der Waals surface area contributed by atoms with E-state index in [0.29, 0.717) is 0 Å². The highest BCUT2D eigenvalue weighted by Crippen LogP contribution is 2.40. The molecular formula is C18H38O2Si2. The number of rotatable bonds is 7. The van der Waals surface area contributed by atoms with Crippen LogP contribution in [-0.4, -0.2) is 28.8 Å². The third-order valence-electron chi connectivity index (χ3n) is 5.26. The van der Waals surface area contributed by atoms with Crippen LogP contribution in [0.3, 0.4) is 0 Å². The largest absolute Gasteiger partial charge is 0.408 e. The predicted molar refractivity (Wildman–Crippen MR) is 105 cm³/mol. The molecular weight excluding hydrogens is 304 g/mol. The molecule has 0 aliphatic heterocycles. The van der Waals surface area contributed by atoms with Gasteiger partial charge in [0.2, 0.25) is 0 Å². The first-order chi connectivity index (χ1) is 9.59. The van der Waals surface area contributed by atoms with Gasteiger partial charge in [-0.15, -0.1) is 13.2 Å². The Bertz CT molecular complexity index is 349. The number of hydrogen-bond acceptors (Lipinski definition) is 2. The van der Waals surface area contributed by atoms with Crippen molar-refractivity contribution < 1.29 is 8.85 Å². The van der Waals surface area contributed by atoms with Crippen LogP contribution in [0.1, 0.15) is 41.5 Å². The van der Waals surface area contributed by atoms with E-state index in [2.05, 4.69) is 80.9 Å². The van der Waals surface area contributed by atoms with E-state index in [4.69, 9.17) is 8.85 Å². The molecule has 0 unspecified atom stereocenters. The van der Waals surface area contributed by atoms with E-state index >= 15 is 0 Å². The fraction of sp³-hybridized carbons (Fsp3) is 0.778. The van der Waals surface area contributed by atoms with Crippen LogP contribution in [0.25, 0.3) is 0 Å². The summed E-state index contributed by atoms with van der Waals surface area (Å²) in [6.07, 6.45) is 3.49. The van der Waals surface area contributed by atoms with Crippen molar-refractivity contribution >= 4 is 16.6 Å². The minimum absolute atomic E-state index is 0.132. The Balaban J connectivity index is 5.29. The average Bonchev–Trinajstić information content (AvgIpc) is 2.30. The second-order valence-electron chi connectivity index (χ2n) is 9.16. The zero-order valence-corrected chi connectivity index (χ0v) is 18.5. The van der Waals surface area contributed by atoms with Gasteiger partial charge >= 0.3 is 0 Å². The van der Waals surface area contributed by atoms with Gasteiger partial charge in [-0.1, -0.05) is 53.7 Å². The first-order valence-electron chi connectivity index (χ1n) is 8.20. The van der Waals surface area contributed by atoms with Crippen LogP contribution < -0.4 is 0 Å². The fourth-order valence-corrected chi connectivity index (χ4v) is 4.06. The van der Waals surface area contributed by atoms with Crippen LogP contribution in [0.5, 0.6) is 0 Å². The van der Waals surface area contributed by atoms with Gasteiger partial charge in [0.1, 0.15) is 0 Å². The van der Waals surface area contributed by atoms with Gasteiger partial charge in [0, 0.05) is 0 Å². The molecule has 4 heteroatoms. The van der Waals surface area contributed by atoms with Crippen molar-refractivity contribution in [2.24, 2.45) is 0 Å². The Morgan fingerprint density at radius 2 is 0.909 bits per heavy atom. The zero-order chi connectivity index (χ0) is 18.0. The molecule has 0 heterocycles. The molecule has 0 rings (SSSR count). The quantitative estimate of drug-likeness (QED) is 0.408. The lowest BCUT2D eigenvalue weighted by Gasteiger charge is -2.43. The first kappa shape index (κ1) is 21.8. The lowest BCUT2D eigenvalue weighted by atomic mass is 10.2. The van der Waals surface area contributed by atoms with Crippen molar-refractivity contribution in [3.05, 3.63) is 25.3 Å². The van der Waals surface area contributed by atoms with Crippen LogP contribution in [0, 0.1) is 0 Å². The van der Waals surface area contributed by atoms with Gasteiger partial charge in [-0.25, -0.2) is 0 Å². The summed E-state index contributed by atoms with van der Waals surface area (Å²) in [4.78, 5) is 0. The molecule has 0 saturated heterocycles. The van der Waals surface area contributed by atoms with E-state index < -0.39 is 16.6 Å². The van der Waals surface area contributed by atoms with Gasteiger partial charge in [-0.3, -0.25) is 0 Å². The highest BCUT2D eigenvalue weighted by Gasteiger charge is 2.43. The van der Waals surface area contributed by atoms with Crippen LogP contribution in [0.4, 0.5) is 0 Å². The molecule has 0 radical (unpaired) electrons. The van der Waals surface area contributed by atoms with E-state index in [0.717, 1.165) is 0 Å². The second kappa shape index (κ2) is 7.16. The van der Waals surface area contributed by atoms with Crippen molar-refractivity contribution in [3.8, 4) is 0 Å². The Morgan fingerprint density at radius 3 is 1.05 bits per heavy atom. The predicted octanol–water partition coefficient (Wildman–Crippen LogP) is 6.14. The molecule has 0 bridgehead atoms. The summed E-state index contributed by atoms with van der Waals surface area (Å²) in [5.74, 6) is 0. The Kier molecular flexibility index (Phi) is 7.11. The van der Waals surface area contributed by atoms with Gasteiger partial charge < -0.3 is 8.85 Å². The van der Waals surface area contributed by atoms with Crippen molar-refractivity contribution in [3.63, 3.8) is 0 Å². The van der Waals surface area contributed by atoms with Crippen LogP contribution >= 0.6 is 0 Å². The number of hydrogen-bond donors (Lipinski definition) is 0. The highest BCUT2D eigenvalue weighted by atomic mass is 28.4. The molecule has 0 amide bonds. The third-order valence-corrected chi connectivity index (χ3v) is 14.2. The van der Waals surface area contributed by atoms with Crippen molar-refractivity contribution in [1.29, 1.82) is 0 Å². The molecule has 2 atom stereocenters. The molecule has 130 valence electrons. The zero-order valence-electron chi connectivity index (χ0n) is 16.5. The van der Waals surface area contributed by atoms with E-state index in [1.54, 1.807) is 0 Å². The Labute approximate surface area is 141 Å². The SMILES string of the molecule is C=C[C@@H](O[Si](C)(C)C(C)(C)C)[C@@H](C=C)O[Si](C)(C)C(C)(C)C. The van der Waals surface area contributed by atoms with Gasteiger partial charge in [-0.05, 0) is 36.3 Å². The highest BCUT2D eigenvalue weighted by molar-refractivity contribution is 6.74. The van der Waals surface area contributed by atoms with Crippen molar-refractivity contribution in [2.45, 2.75) is 90.0 Å². The second-order valence-corrected chi connectivity index (χ2v) is 18.7. The van der Waals surface area contributed by atoms with Crippen molar-refractivity contribution in [2.75, 3.05) is 0 Å². The molecule has 0 aliphatic rings. The van der Waals surface area contributed by atoms with Crippen LogP contribution in [0.15, 0.2) is 25.3 Å². The molecule has 2 nitrogen and oxygen atoms in total. The summed E-state index contributed by atoms with van der Waals surface area (Å²) in [7, 11) is -3.75. The molecule has 22 heavy (non-hydrogen) atoms. The normalized spacial score (nSPS) is 17.0. The molecule has 0 aromatic rings. The van der Waals surface area contributed by atoms with Crippen LogP contribution in [-0.2, 0) is 8.85 Å². The molecule has 0 N–H and O–H groups in total. The molecule has 0 fully saturated rings. The lowest BCUT2D eigenvalue weighted by molar-refractivity contribution is 0.0943. The molecule has 0 aliphatic carbocycles. The summed E-state index contributed by atoms with van der Waals surface area (Å²) < 4.78 is 13.0. The average molecular weight is 343 g/mol. The van der Waals surface area contributed by atoms with Gasteiger partial charge in [0.25, 0.3) is 0 Å². The summed E-state index contributed by atoms with van der Waals surface area (Å²) in [5.41, 5.74) is 0. The summed E-state index contributed by atoms with van der Waals surface area (Å²) in [5, 5.41) is 0.327. The van der Waals surface area contributed by atoms with Crippen LogP contribution in [0.2, 0.25) is 36.3 Å². The minimum atomic E-state index is -1.87. The maximum atomic E-state index is 6.51. The standard InChI is InChI=1S/C18H38O2Si2/c1-13-15(19-21(9,10)17(3,4)5)16(14-2)20-22(11,12)18(6,7)8/h13-16H,1-2H2,3-12H3/t15-,16-/m1/s1. The molecule has 0 aromatic heterocycles. The van der Waals surface area contributed by atoms with Gasteiger partial charge in [-0.2, -0.15) is 0 Å². The van der Waals surface area contributed by atoms with E-state index in [1.165, 1.54) is 0 Å². The Hall–Kier alpha value is -0.166. The molecule has 0 spiro atoms. The van der Waals surface area contributed by atoms with E-state index in [-0.39, 0.29) is 22.3 Å². The molecule has 0 saturated carbocycles. The summed E-state index contributed by atoms with van der Waals surface area (Å²) >= 11 is 0. The minimum Gasteiger partial charge on any atom is -0.408 e. The lowest BCUT2D eigenvalue weighted by Crippen LogP contribution is -2.50. The summed E-state index contributed by atoms with van der Waals surface area (Å²) in [6, 6.07) is 0. The maximum absolute atomic E-state index is 6.51. The first-order valence-corrected chi connectivity index (χ1v) is 14.0. The molecule has 0 aromatic carbocycles. The van der Waals surface area contributed by atoms with E-state index in [1.807, 2.05) is 12.2 Å². The third kappa shape index (κ3) is 5.48. The van der Waals surface area contributed by atoms with Gasteiger partial charge in [0.15, 0.2) is 16.6 Å². The smallest absolute Gasteiger partial charge is 0.193 e. The fourth-order valence-electron chi connectivity index (χ4n) is 1.53. The maximum Gasteiger partial charge on any atom is 0.193 e. The topological polar surface area (TPSA) is 18.5 Å². The monoisotopic (exact) mass is 342 g/mol. The Morgan fingerprint density at radius 1 is 0.682 bits per heavy atom. The van der Waals surface area contributed by atoms with E-state index in [9.17, 15) is 0 Å². The van der Waals surface area contributed by atoms with Gasteiger partial charge in [0.05, 0.1) is 12.2 Å². The summed E-state index contributed by atoms with van der Waals surface area (Å²) in [6.45, 7) is 30.5.